The molecule has 138 valence electrons. The molecule has 1 N–H and O–H groups in total. The first-order chi connectivity index (χ1) is 12.3. The number of esters is 1. The van der Waals surface area contributed by atoms with Crippen LogP contribution in [0.4, 0.5) is 5.00 Å². The van der Waals surface area contributed by atoms with E-state index in [1.165, 1.54) is 18.3 Å². The minimum absolute atomic E-state index is 0.0301. The van der Waals surface area contributed by atoms with Gasteiger partial charge in [0.05, 0.1) is 29.2 Å². The number of thiophene rings is 1. The van der Waals surface area contributed by atoms with Crippen molar-refractivity contribution in [2.24, 2.45) is 0 Å². The summed E-state index contributed by atoms with van der Waals surface area (Å²) in [6.45, 7) is 1.86. The molecule has 7 nitrogen and oxygen atoms in total. The number of fused-ring (bicyclic) bond motifs is 1. The average molecular weight is 415 g/mol. The second-order valence-electron chi connectivity index (χ2n) is 5.59. The van der Waals surface area contributed by atoms with E-state index in [1.807, 2.05) is 0 Å². The minimum atomic E-state index is -3.20. The molecule has 1 amide bonds. The summed E-state index contributed by atoms with van der Waals surface area (Å²) in [6, 6.07) is 2.99. The van der Waals surface area contributed by atoms with E-state index in [-0.39, 0.29) is 45.8 Å². The summed E-state index contributed by atoms with van der Waals surface area (Å²) in [5, 5.41) is 3.21. The highest BCUT2D eigenvalue weighted by Crippen LogP contribution is 2.38. The third-order valence-electron chi connectivity index (χ3n) is 3.80. The highest BCUT2D eigenvalue weighted by atomic mass is 35.5. The number of aromatic nitrogens is 1. The lowest BCUT2D eigenvalue weighted by Gasteiger charge is -2.13. The number of pyridine rings is 1. The molecule has 0 radical (unpaired) electrons. The van der Waals surface area contributed by atoms with Crippen molar-refractivity contribution in [1.29, 1.82) is 0 Å². The zero-order valence-electron chi connectivity index (χ0n) is 13.7. The van der Waals surface area contributed by atoms with Crippen molar-refractivity contribution in [2.45, 2.75) is 19.1 Å². The highest BCUT2D eigenvalue weighted by Gasteiger charge is 2.32. The maximum Gasteiger partial charge on any atom is 0.341 e. The first kappa shape index (κ1) is 18.8. The minimum Gasteiger partial charge on any atom is -0.462 e. The van der Waals surface area contributed by atoms with Crippen molar-refractivity contribution in [2.75, 3.05) is 17.7 Å². The fraction of sp³-hybridized carbons (Fsp3) is 0.312. The Balaban J connectivity index is 1.97. The molecular weight excluding hydrogens is 400 g/mol. The predicted octanol–water partition coefficient (Wildman–Crippen LogP) is 2.70. The van der Waals surface area contributed by atoms with E-state index < -0.39 is 21.7 Å². The van der Waals surface area contributed by atoms with Crippen LogP contribution in [0.3, 0.4) is 0 Å². The normalized spacial score (nSPS) is 15.2. The number of nitrogens with one attached hydrogen (secondary N) is 1. The zero-order valence-corrected chi connectivity index (χ0v) is 16.1. The van der Waals surface area contributed by atoms with Crippen LogP contribution in [0.5, 0.6) is 0 Å². The molecule has 0 aromatic carbocycles. The first-order valence-corrected chi connectivity index (χ1v) is 10.8. The molecule has 0 spiro atoms. The van der Waals surface area contributed by atoms with Crippen molar-refractivity contribution >= 4 is 49.7 Å². The Bertz CT molecular complexity index is 967. The topological polar surface area (TPSA) is 102 Å². The van der Waals surface area contributed by atoms with Crippen LogP contribution in [0.1, 0.15) is 38.1 Å². The van der Waals surface area contributed by atoms with Crippen molar-refractivity contribution < 1.29 is 22.7 Å². The van der Waals surface area contributed by atoms with E-state index in [2.05, 4.69) is 10.3 Å². The molecule has 0 bridgehead atoms. The molecular formula is C16H15ClN2O5S2. The van der Waals surface area contributed by atoms with Gasteiger partial charge in [0.1, 0.15) is 10.2 Å². The molecule has 1 aliphatic rings. The van der Waals surface area contributed by atoms with Crippen LogP contribution >= 0.6 is 22.9 Å². The number of carbonyl (C=O) groups excluding carboxylic acids is 2. The average Bonchev–Trinajstić information content (AvgIpc) is 2.91. The Labute approximate surface area is 159 Å². The van der Waals surface area contributed by atoms with E-state index >= 15 is 0 Å². The molecule has 0 fully saturated rings. The Morgan fingerprint density at radius 2 is 2.15 bits per heavy atom. The van der Waals surface area contributed by atoms with Crippen LogP contribution < -0.4 is 5.32 Å². The molecule has 0 unspecified atom stereocenters. The van der Waals surface area contributed by atoms with Gasteiger partial charge in [-0.3, -0.25) is 4.79 Å². The van der Waals surface area contributed by atoms with Gasteiger partial charge in [0.25, 0.3) is 5.91 Å². The van der Waals surface area contributed by atoms with Gasteiger partial charge in [0.2, 0.25) is 0 Å². The maximum atomic E-state index is 12.4. The summed E-state index contributed by atoms with van der Waals surface area (Å²) in [5.74, 6) is -1.22. The quantitative estimate of drug-likeness (QED) is 0.609. The number of hydrogen-bond acceptors (Lipinski definition) is 7. The summed E-state index contributed by atoms with van der Waals surface area (Å²) in [4.78, 5) is 29.2. The predicted molar refractivity (Wildman–Crippen MR) is 98.7 cm³/mol. The molecule has 0 atom stereocenters. The van der Waals surface area contributed by atoms with Crippen molar-refractivity contribution in [3.8, 4) is 0 Å². The van der Waals surface area contributed by atoms with Gasteiger partial charge >= 0.3 is 5.97 Å². The standard InChI is InChI=1S/C16H15ClN2O5S2/c1-2-24-16(21)13-10-5-6-26(22,23)8-11(10)25-15(13)19-14(20)9-3-4-12(17)18-7-9/h3-4,7H,2,5-6,8H2,1H3,(H,19,20). The molecule has 1 aliphatic heterocycles. The Kier molecular flexibility index (Phi) is 5.31. The number of nitrogens with zero attached hydrogens (tertiary/aromatic N) is 1. The van der Waals surface area contributed by atoms with Crippen LogP contribution in [-0.2, 0) is 26.7 Å². The summed E-state index contributed by atoms with van der Waals surface area (Å²) < 4.78 is 28.9. The van der Waals surface area contributed by atoms with Crippen LogP contribution in [0.25, 0.3) is 0 Å². The van der Waals surface area contributed by atoms with Gasteiger partial charge in [-0.2, -0.15) is 0 Å². The molecule has 2 aromatic rings. The number of carbonyl (C=O) groups is 2. The smallest absolute Gasteiger partial charge is 0.341 e. The fourth-order valence-corrected chi connectivity index (χ4v) is 5.76. The molecule has 26 heavy (non-hydrogen) atoms. The van der Waals surface area contributed by atoms with Crippen LogP contribution in [0.15, 0.2) is 18.3 Å². The summed E-state index contributed by atoms with van der Waals surface area (Å²) in [7, 11) is -3.20. The van der Waals surface area contributed by atoms with Crippen molar-refractivity contribution in [3.05, 3.63) is 45.1 Å². The third-order valence-corrected chi connectivity index (χ3v) is 6.91. The summed E-state index contributed by atoms with van der Waals surface area (Å²) in [5.41, 5.74) is 1.13. The zero-order chi connectivity index (χ0) is 18.9. The van der Waals surface area contributed by atoms with E-state index in [0.717, 1.165) is 11.3 Å². The monoisotopic (exact) mass is 414 g/mol. The van der Waals surface area contributed by atoms with Crippen LogP contribution in [-0.4, -0.2) is 37.6 Å². The van der Waals surface area contributed by atoms with E-state index in [9.17, 15) is 18.0 Å². The summed E-state index contributed by atoms with van der Waals surface area (Å²) >= 11 is 6.80. The molecule has 0 aliphatic carbocycles. The molecule has 0 saturated heterocycles. The number of ether oxygens (including phenoxy) is 1. The molecule has 2 aromatic heterocycles. The number of anilines is 1. The number of amides is 1. The molecule has 3 heterocycles. The molecule has 10 heteroatoms. The van der Waals surface area contributed by atoms with Gasteiger partial charge < -0.3 is 10.1 Å². The lowest BCUT2D eigenvalue weighted by atomic mass is 10.1. The van der Waals surface area contributed by atoms with Gasteiger partial charge in [-0.25, -0.2) is 18.2 Å². The number of hydrogen-bond donors (Lipinski definition) is 1. The molecule has 0 saturated carbocycles. The largest absolute Gasteiger partial charge is 0.462 e. The van der Waals surface area contributed by atoms with Crippen molar-refractivity contribution in [1.82, 2.24) is 4.98 Å². The number of rotatable bonds is 4. The van der Waals surface area contributed by atoms with Gasteiger partial charge in [0, 0.05) is 11.1 Å². The Morgan fingerprint density at radius 3 is 2.81 bits per heavy atom. The second kappa shape index (κ2) is 7.34. The lowest BCUT2D eigenvalue weighted by molar-refractivity contribution is 0.0527. The maximum absolute atomic E-state index is 12.4. The number of sulfone groups is 1. The van der Waals surface area contributed by atoms with E-state index in [1.54, 1.807) is 6.92 Å². The van der Waals surface area contributed by atoms with E-state index in [4.69, 9.17) is 16.3 Å². The van der Waals surface area contributed by atoms with Crippen LogP contribution in [0.2, 0.25) is 5.15 Å². The van der Waals surface area contributed by atoms with Crippen molar-refractivity contribution in [3.63, 3.8) is 0 Å². The van der Waals surface area contributed by atoms with Gasteiger partial charge in [-0.1, -0.05) is 11.6 Å². The first-order valence-electron chi connectivity index (χ1n) is 7.75. The molecule has 3 rings (SSSR count). The van der Waals surface area contributed by atoms with Crippen LogP contribution in [0, 0.1) is 0 Å². The lowest BCUT2D eigenvalue weighted by Crippen LogP contribution is -2.20. The second-order valence-corrected chi connectivity index (χ2v) is 9.27. The number of halogens is 1. The highest BCUT2D eigenvalue weighted by molar-refractivity contribution is 7.90. The third kappa shape index (κ3) is 3.89. The Hall–Kier alpha value is -1.97. The summed E-state index contributed by atoms with van der Waals surface area (Å²) in [6.07, 6.45) is 1.54. The van der Waals surface area contributed by atoms with Gasteiger partial charge in [0.15, 0.2) is 9.84 Å². The fourth-order valence-electron chi connectivity index (χ4n) is 2.62. The van der Waals surface area contributed by atoms with Gasteiger partial charge in [-0.15, -0.1) is 11.3 Å². The van der Waals surface area contributed by atoms with E-state index in [0.29, 0.717) is 10.4 Å². The Morgan fingerprint density at radius 1 is 1.38 bits per heavy atom. The van der Waals surface area contributed by atoms with Gasteiger partial charge in [-0.05, 0) is 31.0 Å². The SMILES string of the molecule is CCOC(=O)c1c(NC(=O)c2ccc(Cl)nc2)sc2c1CCS(=O)(=O)C2.